The molecule has 0 aromatic carbocycles. The normalized spacial score (nSPS) is 14.9. The maximum absolute atomic E-state index is 11.7. The van der Waals surface area contributed by atoms with E-state index in [0.717, 1.165) is 12.8 Å². The topological polar surface area (TPSA) is 46.3 Å². The second-order valence-corrected chi connectivity index (χ2v) is 4.15. The maximum Gasteiger partial charge on any atom is 0.222 e. The molecule has 0 aromatic rings. The molecule has 2 unspecified atom stereocenters. The van der Waals surface area contributed by atoms with E-state index in [-0.39, 0.29) is 11.9 Å². The minimum Gasteiger partial charge on any atom is -0.343 e. The summed E-state index contributed by atoms with van der Waals surface area (Å²) >= 11 is 0. The van der Waals surface area contributed by atoms with Gasteiger partial charge in [0.05, 0.1) is 0 Å². The summed E-state index contributed by atoms with van der Waals surface area (Å²) in [6.45, 7) is 6.91. The summed E-state index contributed by atoms with van der Waals surface area (Å²) in [6, 6.07) is 0.261. The van der Waals surface area contributed by atoms with Crippen LogP contribution in [-0.2, 0) is 4.79 Å². The van der Waals surface area contributed by atoms with Gasteiger partial charge in [0.2, 0.25) is 5.91 Å². The van der Waals surface area contributed by atoms with E-state index in [4.69, 9.17) is 5.73 Å². The van der Waals surface area contributed by atoms with E-state index >= 15 is 0 Å². The van der Waals surface area contributed by atoms with Crippen molar-refractivity contribution in [2.24, 2.45) is 11.7 Å². The number of amides is 1. The van der Waals surface area contributed by atoms with Gasteiger partial charge < -0.3 is 10.6 Å². The smallest absolute Gasteiger partial charge is 0.222 e. The zero-order valence-corrected chi connectivity index (χ0v) is 9.92. The summed E-state index contributed by atoms with van der Waals surface area (Å²) in [4.78, 5) is 13.5. The molecule has 0 rings (SSSR count). The first-order valence-electron chi connectivity index (χ1n) is 5.48. The molecule has 0 aromatic heterocycles. The molecule has 14 heavy (non-hydrogen) atoms. The average molecular weight is 200 g/mol. The second-order valence-electron chi connectivity index (χ2n) is 4.15. The molecule has 0 fully saturated rings. The molecule has 2 atom stereocenters. The first-order valence-corrected chi connectivity index (χ1v) is 5.48. The average Bonchev–Trinajstić information content (AvgIpc) is 2.16. The van der Waals surface area contributed by atoms with Crippen LogP contribution in [-0.4, -0.2) is 30.4 Å². The Morgan fingerprint density at radius 1 is 1.43 bits per heavy atom. The molecule has 1 amide bonds. The van der Waals surface area contributed by atoms with Crippen LogP contribution in [0.4, 0.5) is 0 Å². The van der Waals surface area contributed by atoms with Crippen LogP contribution in [0.1, 0.15) is 40.0 Å². The van der Waals surface area contributed by atoms with Crippen molar-refractivity contribution in [1.82, 2.24) is 4.90 Å². The van der Waals surface area contributed by atoms with Gasteiger partial charge in [-0.25, -0.2) is 0 Å². The molecule has 3 nitrogen and oxygen atoms in total. The number of hydrogen-bond donors (Lipinski definition) is 1. The molecule has 0 aliphatic carbocycles. The zero-order valence-electron chi connectivity index (χ0n) is 9.92. The Labute approximate surface area is 87.6 Å². The van der Waals surface area contributed by atoms with E-state index in [1.165, 1.54) is 0 Å². The Kier molecular flexibility index (Phi) is 6.54. The Hall–Kier alpha value is -0.570. The maximum atomic E-state index is 11.7. The fraction of sp³-hybridized carbons (Fsp3) is 0.909. The lowest BCUT2D eigenvalue weighted by atomic mass is 10.0. The van der Waals surface area contributed by atoms with Crippen LogP contribution in [0, 0.1) is 5.92 Å². The Morgan fingerprint density at radius 3 is 2.43 bits per heavy atom. The van der Waals surface area contributed by atoms with Gasteiger partial charge in [-0.3, -0.25) is 4.79 Å². The van der Waals surface area contributed by atoms with Crippen LogP contribution in [0.25, 0.3) is 0 Å². The standard InChI is InChI=1S/C11H24N2O/c1-5-9(2)8-11(14)13(4)10(3)6-7-12/h9-10H,5-8,12H2,1-4H3. The third-order valence-corrected chi connectivity index (χ3v) is 2.86. The third-order valence-electron chi connectivity index (χ3n) is 2.86. The number of nitrogens with two attached hydrogens (primary N) is 1. The summed E-state index contributed by atoms with van der Waals surface area (Å²) in [7, 11) is 1.87. The first-order chi connectivity index (χ1) is 6.52. The first kappa shape index (κ1) is 13.4. The van der Waals surface area contributed by atoms with Crippen LogP contribution in [0.3, 0.4) is 0 Å². The SMILES string of the molecule is CCC(C)CC(=O)N(C)C(C)CCN. The van der Waals surface area contributed by atoms with Crippen molar-refractivity contribution in [3.63, 3.8) is 0 Å². The van der Waals surface area contributed by atoms with Gasteiger partial charge in [0.15, 0.2) is 0 Å². The fourth-order valence-corrected chi connectivity index (χ4v) is 1.27. The van der Waals surface area contributed by atoms with Gasteiger partial charge in [-0.2, -0.15) is 0 Å². The van der Waals surface area contributed by atoms with Gasteiger partial charge in [-0.15, -0.1) is 0 Å². The number of carbonyl (C=O) groups excluding carboxylic acids is 1. The van der Waals surface area contributed by atoms with Gasteiger partial charge in [-0.05, 0) is 25.8 Å². The van der Waals surface area contributed by atoms with E-state index in [1.54, 1.807) is 0 Å². The molecule has 0 aliphatic rings. The fourth-order valence-electron chi connectivity index (χ4n) is 1.27. The van der Waals surface area contributed by atoms with E-state index < -0.39 is 0 Å². The van der Waals surface area contributed by atoms with Crippen LogP contribution in [0.2, 0.25) is 0 Å². The van der Waals surface area contributed by atoms with Crippen molar-refractivity contribution in [2.45, 2.75) is 46.1 Å². The molecule has 0 spiro atoms. The van der Waals surface area contributed by atoms with E-state index in [2.05, 4.69) is 13.8 Å². The molecule has 0 aliphatic heterocycles. The van der Waals surface area contributed by atoms with E-state index in [0.29, 0.717) is 18.9 Å². The van der Waals surface area contributed by atoms with Crippen molar-refractivity contribution >= 4 is 5.91 Å². The summed E-state index contributed by atoms with van der Waals surface area (Å²) in [5.74, 6) is 0.718. The number of rotatable bonds is 6. The lowest BCUT2D eigenvalue weighted by molar-refractivity contribution is -0.132. The summed E-state index contributed by atoms with van der Waals surface area (Å²) in [5, 5.41) is 0. The molecule has 84 valence electrons. The van der Waals surface area contributed by atoms with Crippen molar-refractivity contribution in [2.75, 3.05) is 13.6 Å². The van der Waals surface area contributed by atoms with Crippen molar-refractivity contribution in [3.05, 3.63) is 0 Å². The molecule has 0 radical (unpaired) electrons. The Bertz CT molecular complexity index is 171. The van der Waals surface area contributed by atoms with Crippen LogP contribution in [0.5, 0.6) is 0 Å². The highest BCUT2D eigenvalue weighted by molar-refractivity contribution is 5.76. The number of hydrogen-bond acceptors (Lipinski definition) is 2. The molecular formula is C11H24N2O. The Balaban J connectivity index is 3.98. The summed E-state index contributed by atoms with van der Waals surface area (Å²) < 4.78 is 0. The predicted octanol–water partition coefficient (Wildman–Crippen LogP) is 1.62. The molecular weight excluding hydrogens is 176 g/mol. The van der Waals surface area contributed by atoms with Crippen LogP contribution < -0.4 is 5.73 Å². The molecule has 0 bridgehead atoms. The Morgan fingerprint density at radius 2 is 2.00 bits per heavy atom. The molecule has 0 heterocycles. The number of carbonyl (C=O) groups is 1. The van der Waals surface area contributed by atoms with Gasteiger partial charge in [0, 0.05) is 19.5 Å². The number of nitrogens with zero attached hydrogens (tertiary/aromatic N) is 1. The monoisotopic (exact) mass is 200 g/mol. The van der Waals surface area contributed by atoms with Crippen LogP contribution >= 0.6 is 0 Å². The van der Waals surface area contributed by atoms with Gasteiger partial charge >= 0.3 is 0 Å². The summed E-state index contributed by atoms with van der Waals surface area (Å²) in [5.41, 5.74) is 5.46. The minimum atomic E-state index is 0.236. The molecule has 0 saturated carbocycles. The summed E-state index contributed by atoms with van der Waals surface area (Å²) in [6.07, 6.45) is 2.59. The van der Waals surface area contributed by atoms with E-state index in [9.17, 15) is 4.79 Å². The van der Waals surface area contributed by atoms with Gasteiger partial charge in [0.25, 0.3) is 0 Å². The molecule has 0 saturated heterocycles. The molecule has 2 N–H and O–H groups in total. The predicted molar refractivity (Wildman–Crippen MR) is 60.0 cm³/mol. The highest BCUT2D eigenvalue weighted by atomic mass is 16.2. The van der Waals surface area contributed by atoms with Crippen LogP contribution in [0.15, 0.2) is 0 Å². The van der Waals surface area contributed by atoms with Gasteiger partial charge in [0.1, 0.15) is 0 Å². The quantitative estimate of drug-likeness (QED) is 0.708. The third kappa shape index (κ3) is 4.61. The lowest BCUT2D eigenvalue weighted by Gasteiger charge is -2.25. The lowest BCUT2D eigenvalue weighted by Crippen LogP contribution is -2.37. The minimum absolute atomic E-state index is 0.236. The highest BCUT2D eigenvalue weighted by Crippen LogP contribution is 2.10. The molecule has 3 heteroatoms. The second kappa shape index (κ2) is 6.82. The zero-order chi connectivity index (χ0) is 11.1. The van der Waals surface area contributed by atoms with Crippen molar-refractivity contribution in [3.8, 4) is 0 Å². The van der Waals surface area contributed by atoms with E-state index in [1.807, 2.05) is 18.9 Å². The van der Waals surface area contributed by atoms with Gasteiger partial charge in [-0.1, -0.05) is 20.3 Å². The largest absolute Gasteiger partial charge is 0.343 e. The van der Waals surface area contributed by atoms with Crippen molar-refractivity contribution < 1.29 is 4.79 Å². The highest BCUT2D eigenvalue weighted by Gasteiger charge is 2.16. The van der Waals surface area contributed by atoms with Crippen molar-refractivity contribution in [1.29, 1.82) is 0 Å².